The third-order valence-electron chi connectivity index (χ3n) is 4.97. The van der Waals surface area contributed by atoms with Crippen LogP contribution in [0.15, 0.2) is 48.5 Å². The fourth-order valence-electron chi connectivity index (χ4n) is 3.31. The topological polar surface area (TPSA) is 58.6 Å². The number of methoxy groups -OCH3 is 1. The Morgan fingerprint density at radius 3 is 2.26 bits per heavy atom. The highest BCUT2D eigenvalue weighted by Gasteiger charge is 2.24. The van der Waals surface area contributed by atoms with Crippen molar-refractivity contribution in [3.05, 3.63) is 65.2 Å². The lowest BCUT2D eigenvalue weighted by atomic mass is 10.0. The van der Waals surface area contributed by atoms with Gasteiger partial charge < -0.3 is 15.0 Å². The molecule has 1 fully saturated rings. The summed E-state index contributed by atoms with van der Waals surface area (Å²) in [5, 5.41) is 3.09. The van der Waals surface area contributed by atoms with Gasteiger partial charge in [-0.15, -0.1) is 0 Å². The number of hydrogen-bond donors (Lipinski definition) is 1. The van der Waals surface area contributed by atoms with Crippen LogP contribution in [0.5, 0.6) is 5.75 Å². The van der Waals surface area contributed by atoms with Crippen molar-refractivity contribution in [2.24, 2.45) is 0 Å². The van der Waals surface area contributed by atoms with Crippen LogP contribution < -0.4 is 10.1 Å². The van der Waals surface area contributed by atoms with Crippen molar-refractivity contribution in [2.75, 3.05) is 20.2 Å². The molecular formula is C22H26N2O3. The predicted molar refractivity (Wildman–Crippen MR) is 105 cm³/mol. The summed E-state index contributed by atoms with van der Waals surface area (Å²) in [7, 11) is 1.62. The van der Waals surface area contributed by atoms with Gasteiger partial charge in [0, 0.05) is 24.7 Å². The van der Waals surface area contributed by atoms with Gasteiger partial charge >= 0.3 is 0 Å². The van der Waals surface area contributed by atoms with Gasteiger partial charge in [-0.05, 0) is 49.6 Å². The molecule has 1 N–H and O–H groups in total. The highest BCUT2D eigenvalue weighted by molar-refractivity contribution is 5.94. The van der Waals surface area contributed by atoms with Gasteiger partial charge in [0.2, 0.25) is 5.91 Å². The van der Waals surface area contributed by atoms with E-state index < -0.39 is 0 Å². The quantitative estimate of drug-likeness (QED) is 0.885. The van der Waals surface area contributed by atoms with Crippen molar-refractivity contribution >= 4 is 11.8 Å². The number of likely N-dealkylation sites (tertiary alicyclic amines) is 1. The number of hydrogen-bond acceptors (Lipinski definition) is 3. The smallest absolute Gasteiger partial charge is 0.253 e. The number of piperidine rings is 1. The Morgan fingerprint density at radius 1 is 1.04 bits per heavy atom. The van der Waals surface area contributed by atoms with E-state index in [0.29, 0.717) is 19.5 Å². The van der Waals surface area contributed by atoms with E-state index in [-0.39, 0.29) is 17.9 Å². The summed E-state index contributed by atoms with van der Waals surface area (Å²) in [6, 6.07) is 15.3. The molecule has 3 rings (SSSR count). The molecule has 1 aliphatic heterocycles. The SMILES string of the molecule is COc1ccc(CC(=O)NC2CCN(C(=O)c3ccc(C)cc3)CC2)cc1. The molecule has 0 bridgehead atoms. The first kappa shape index (κ1) is 19.0. The second-order valence-electron chi connectivity index (χ2n) is 7.02. The minimum absolute atomic E-state index is 0.0171. The molecule has 2 aromatic rings. The van der Waals surface area contributed by atoms with Crippen LogP contribution in [0.25, 0.3) is 0 Å². The Labute approximate surface area is 160 Å². The zero-order chi connectivity index (χ0) is 19.2. The molecule has 0 saturated carbocycles. The summed E-state index contributed by atoms with van der Waals surface area (Å²) in [5.74, 6) is 0.867. The van der Waals surface area contributed by atoms with Gasteiger partial charge in [-0.25, -0.2) is 0 Å². The van der Waals surface area contributed by atoms with Crippen LogP contribution in [0.4, 0.5) is 0 Å². The molecule has 0 aromatic heterocycles. The van der Waals surface area contributed by atoms with E-state index in [0.717, 1.165) is 35.3 Å². The van der Waals surface area contributed by atoms with Crippen LogP contribution in [-0.4, -0.2) is 43.0 Å². The van der Waals surface area contributed by atoms with Gasteiger partial charge in [0.1, 0.15) is 5.75 Å². The molecule has 2 aromatic carbocycles. The van der Waals surface area contributed by atoms with E-state index in [9.17, 15) is 9.59 Å². The number of amides is 2. The number of ether oxygens (including phenoxy) is 1. The third-order valence-corrected chi connectivity index (χ3v) is 4.97. The standard InChI is InChI=1S/C22H26N2O3/c1-16-3-7-18(8-4-16)22(26)24-13-11-19(12-14-24)23-21(25)15-17-5-9-20(27-2)10-6-17/h3-10,19H,11-15H2,1-2H3,(H,23,25). The van der Waals surface area contributed by atoms with Crippen LogP contribution in [0.2, 0.25) is 0 Å². The molecule has 0 unspecified atom stereocenters. The Bertz CT molecular complexity index is 776. The monoisotopic (exact) mass is 366 g/mol. The van der Waals surface area contributed by atoms with E-state index in [1.54, 1.807) is 7.11 Å². The molecule has 0 radical (unpaired) electrons. The Morgan fingerprint density at radius 2 is 1.67 bits per heavy atom. The maximum atomic E-state index is 12.6. The Kier molecular flexibility index (Phi) is 6.12. The first-order chi connectivity index (χ1) is 13.0. The van der Waals surface area contributed by atoms with Crippen LogP contribution in [0.3, 0.4) is 0 Å². The predicted octanol–water partition coefficient (Wildman–Crippen LogP) is 2.97. The van der Waals surface area contributed by atoms with Crippen molar-refractivity contribution < 1.29 is 14.3 Å². The molecule has 0 spiro atoms. The number of nitrogens with zero attached hydrogens (tertiary/aromatic N) is 1. The van der Waals surface area contributed by atoms with E-state index in [1.807, 2.05) is 60.4 Å². The Balaban J connectivity index is 1.46. The summed E-state index contributed by atoms with van der Waals surface area (Å²) in [4.78, 5) is 26.7. The normalized spacial score (nSPS) is 14.7. The number of aryl methyl sites for hydroxylation is 1. The lowest BCUT2D eigenvalue weighted by Crippen LogP contribution is -2.46. The van der Waals surface area contributed by atoms with E-state index in [4.69, 9.17) is 4.74 Å². The van der Waals surface area contributed by atoms with Gasteiger partial charge in [0.05, 0.1) is 13.5 Å². The van der Waals surface area contributed by atoms with Gasteiger partial charge in [-0.1, -0.05) is 29.8 Å². The summed E-state index contributed by atoms with van der Waals surface area (Å²) in [6.45, 7) is 3.34. The third kappa shape index (κ3) is 5.09. The van der Waals surface area contributed by atoms with Gasteiger partial charge in [0.15, 0.2) is 0 Å². The molecule has 5 nitrogen and oxygen atoms in total. The lowest BCUT2D eigenvalue weighted by molar-refractivity contribution is -0.121. The molecule has 0 atom stereocenters. The number of carbonyl (C=O) groups is 2. The fourth-order valence-corrected chi connectivity index (χ4v) is 3.31. The zero-order valence-corrected chi connectivity index (χ0v) is 15.9. The van der Waals surface area contributed by atoms with Gasteiger partial charge in [-0.3, -0.25) is 9.59 Å². The maximum Gasteiger partial charge on any atom is 0.253 e. The van der Waals surface area contributed by atoms with Gasteiger partial charge in [-0.2, -0.15) is 0 Å². The molecule has 1 aliphatic rings. The van der Waals surface area contributed by atoms with Crippen molar-refractivity contribution in [1.29, 1.82) is 0 Å². The summed E-state index contributed by atoms with van der Waals surface area (Å²) in [5.41, 5.74) is 2.83. The van der Waals surface area contributed by atoms with Crippen molar-refractivity contribution in [3.63, 3.8) is 0 Å². The highest BCUT2D eigenvalue weighted by atomic mass is 16.5. The summed E-state index contributed by atoms with van der Waals surface area (Å²) < 4.78 is 5.13. The van der Waals surface area contributed by atoms with Crippen LogP contribution in [0.1, 0.15) is 34.3 Å². The van der Waals surface area contributed by atoms with Gasteiger partial charge in [0.25, 0.3) is 5.91 Å². The lowest BCUT2D eigenvalue weighted by Gasteiger charge is -2.32. The van der Waals surface area contributed by atoms with E-state index in [1.165, 1.54) is 0 Å². The largest absolute Gasteiger partial charge is 0.497 e. The molecule has 1 saturated heterocycles. The highest BCUT2D eigenvalue weighted by Crippen LogP contribution is 2.16. The fraction of sp³-hybridized carbons (Fsp3) is 0.364. The van der Waals surface area contributed by atoms with Crippen LogP contribution in [-0.2, 0) is 11.2 Å². The molecule has 27 heavy (non-hydrogen) atoms. The average Bonchev–Trinajstić information content (AvgIpc) is 2.69. The minimum Gasteiger partial charge on any atom is -0.497 e. The number of carbonyl (C=O) groups excluding carboxylic acids is 2. The first-order valence-electron chi connectivity index (χ1n) is 9.33. The number of nitrogens with one attached hydrogen (secondary N) is 1. The maximum absolute atomic E-state index is 12.6. The van der Waals surface area contributed by atoms with E-state index >= 15 is 0 Å². The number of rotatable bonds is 5. The molecule has 2 amide bonds. The van der Waals surface area contributed by atoms with Crippen molar-refractivity contribution in [3.8, 4) is 5.75 Å². The minimum atomic E-state index is 0.0171. The summed E-state index contributed by atoms with van der Waals surface area (Å²) >= 11 is 0. The second kappa shape index (κ2) is 8.71. The van der Waals surface area contributed by atoms with Crippen molar-refractivity contribution in [1.82, 2.24) is 10.2 Å². The van der Waals surface area contributed by atoms with Crippen molar-refractivity contribution in [2.45, 2.75) is 32.2 Å². The Hall–Kier alpha value is -2.82. The van der Waals surface area contributed by atoms with Crippen LogP contribution in [0, 0.1) is 6.92 Å². The molecule has 142 valence electrons. The van der Waals surface area contributed by atoms with E-state index in [2.05, 4.69) is 5.32 Å². The first-order valence-corrected chi connectivity index (χ1v) is 9.33. The summed E-state index contributed by atoms with van der Waals surface area (Å²) in [6.07, 6.45) is 1.92. The van der Waals surface area contributed by atoms with Crippen LogP contribution >= 0.6 is 0 Å². The molecular weight excluding hydrogens is 340 g/mol. The second-order valence-corrected chi connectivity index (χ2v) is 7.02. The average molecular weight is 366 g/mol. The number of benzene rings is 2. The molecule has 5 heteroatoms. The molecule has 0 aliphatic carbocycles. The zero-order valence-electron chi connectivity index (χ0n) is 15.9. The molecule has 1 heterocycles.